The van der Waals surface area contributed by atoms with Gasteiger partial charge in [-0.1, -0.05) is 12.1 Å². The van der Waals surface area contributed by atoms with Gasteiger partial charge in [-0.2, -0.15) is 0 Å². The van der Waals surface area contributed by atoms with Gasteiger partial charge in [-0.15, -0.1) is 11.8 Å². The average molecular weight is 296 g/mol. The minimum atomic E-state index is -0.909. The van der Waals surface area contributed by atoms with Gasteiger partial charge in [-0.25, -0.2) is 4.79 Å². The van der Waals surface area contributed by atoms with E-state index in [-0.39, 0.29) is 19.0 Å². The van der Waals surface area contributed by atoms with E-state index in [9.17, 15) is 9.59 Å². The zero-order valence-electron chi connectivity index (χ0n) is 12.0. The molecule has 20 heavy (non-hydrogen) atoms. The Labute approximate surface area is 123 Å². The third-order valence-corrected chi connectivity index (χ3v) is 3.70. The average Bonchev–Trinajstić information content (AvgIpc) is 2.42. The fraction of sp³-hybridized carbons (Fsp3) is 0.429. The molecule has 6 heteroatoms. The van der Waals surface area contributed by atoms with Crippen LogP contribution in [0.25, 0.3) is 0 Å². The molecule has 0 aromatic heterocycles. The molecule has 0 unspecified atom stereocenters. The van der Waals surface area contributed by atoms with Crippen LogP contribution in [0.15, 0.2) is 23.1 Å². The number of carboxylic acid groups (broad SMARTS) is 1. The number of nitrogens with zero attached hydrogens (tertiary/aromatic N) is 1. The largest absolute Gasteiger partial charge is 0.481 e. The van der Waals surface area contributed by atoms with E-state index in [1.54, 1.807) is 18.8 Å². The van der Waals surface area contributed by atoms with Crippen molar-refractivity contribution in [2.24, 2.45) is 0 Å². The van der Waals surface area contributed by atoms with Gasteiger partial charge in [0.15, 0.2) is 0 Å². The number of benzene rings is 1. The summed E-state index contributed by atoms with van der Waals surface area (Å²) < 4.78 is 0. The molecule has 0 aliphatic rings. The van der Waals surface area contributed by atoms with E-state index in [1.807, 2.05) is 25.3 Å². The number of rotatable bonds is 6. The van der Waals surface area contributed by atoms with Crippen molar-refractivity contribution >= 4 is 23.8 Å². The Morgan fingerprint density at radius 3 is 2.70 bits per heavy atom. The molecule has 0 heterocycles. The number of carbonyl (C=O) groups excluding carboxylic acids is 1. The van der Waals surface area contributed by atoms with Gasteiger partial charge in [0.2, 0.25) is 0 Å². The molecule has 0 aliphatic carbocycles. The highest BCUT2D eigenvalue weighted by Crippen LogP contribution is 2.21. The number of urea groups is 1. The second-order valence-corrected chi connectivity index (χ2v) is 5.39. The molecule has 0 atom stereocenters. The van der Waals surface area contributed by atoms with Gasteiger partial charge in [-0.05, 0) is 30.4 Å². The number of carboxylic acids is 1. The lowest BCUT2D eigenvalue weighted by Crippen LogP contribution is -2.38. The van der Waals surface area contributed by atoms with Gasteiger partial charge >= 0.3 is 12.0 Å². The third kappa shape index (κ3) is 5.13. The SMILES string of the molecule is CSc1cc(C)ccc1CNC(=O)N(C)CCC(=O)O. The normalized spacial score (nSPS) is 10.2. The van der Waals surface area contributed by atoms with E-state index in [1.165, 1.54) is 10.5 Å². The smallest absolute Gasteiger partial charge is 0.317 e. The number of carbonyl (C=O) groups is 2. The molecule has 1 rings (SSSR count). The molecule has 0 saturated carbocycles. The Morgan fingerprint density at radius 2 is 2.10 bits per heavy atom. The Bertz CT molecular complexity index is 491. The van der Waals surface area contributed by atoms with Crippen LogP contribution in [-0.2, 0) is 11.3 Å². The number of hydrogen-bond acceptors (Lipinski definition) is 3. The summed E-state index contributed by atoms with van der Waals surface area (Å²) in [5, 5.41) is 11.4. The van der Waals surface area contributed by atoms with Crippen LogP contribution < -0.4 is 5.32 Å². The van der Waals surface area contributed by atoms with E-state index in [0.29, 0.717) is 6.54 Å². The molecule has 0 fully saturated rings. The van der Waals surface area contributed by atoms with Crippen LogP contribution in [0.2, 0.25) is 0 Å². The number of amides is 2. The van der Waals surface area contributed by atoms with E-state index < -0.39 is 5.97 Å². The molecule has 0 radical (unpaired) electrons. The van der Waals surface area contributed by atoms with Gasteiger partial charge < -0.3 is 15.3 Å². The topological polar surface area (TPSA) is 69.6 Å². The van der Waals surface area contributed by atoms with Crippen molar-refractivity contribution in [3.8, 4) is 0 Å². The van der Waals surface area contributed by atoms with Crippen LogP contribution in [0.3, 0.4) is 0 Å². The lowest BCUT2D eigenvalue weighted by molar-refractivity contribution is -0.137. The maximum Gasteiger partial charge on any atom is 0.317 e. The summed E-state index contributed by atoms with van der Waals surface area (Å²) in [7, 11) is 1.59. The van der Waals surface area contributed by atoms with Crippen LogP contribution >= 0.6 is 11.8 Å². The number of aryl methyl sites for hydroxylation is 1. The van der Waals surface area contributed by atoms with Crippen LogP contribution in [0.5, 0.6) is 0 Å². The van der Waals surface area contributed by atoms with Gasteiger partial charge in [0.1, 0.15) is 0 Å². The summed E-state index contributed by atoms with van der Waals surface area (Å²) >= 11 is 1.64. The molecule has 0 bridgehead atoms. The standard InChI is InChI=1S/C14H20N2O3S/c1-10-4-5-11(12(8-10)20-3)9-15-14(19)16(2)7-6-13(17)18/h4-5,8H,6-7,9H2,1-3H3,(H,15,19)(H,17,18). The highest BCUT2D eigenvalue weighted by atomic mass is 32.2. The summed E-state index contributed by atoms with van der Waals surface area (Å²) in [5.41, 5.74) is 2.24. The zero-order chi connectivity index (χ0) is 15.1. The molecular formula is C14H20N2O3S. The Balaban J connectivity index is 2.54. The molecule has 0 aliphatic heterocycles. The minimum absolute atomic E-state index is 0.0511. The highest BCUT2D eigenvalue weighted by molar-refractivity contribution is 7.98. The lowest BCUT2D eigenvalue weighted by atomic mass is 10.1. The molecule has 2 amide bonds. The van der Waals surface area contributed by atoms with Crippen molar-refractivity contribution < 1.29 is 14.7 Å². The minimum Gasteiger partial charge on any atom is -0.481 e. The number of aliphatic carboxylic acids is 1. The maximum absolute atomic E-state index is 11.8. The van der Waals surface area contributed by atoms with Crippen LogP contribution in [0.4, 0.5) is 4.79 Å². The summed E-state index contributed by atoms with van der Waals surface area (Å²) in [6, 6.07) is 5.83. The first kappa shape index (κ1) is 16.4. The highest BCUT2D eigenvalue weighted by Gasteiger charge is 2.10. The summed E-state index contributed by atoms with van der Waals surface area (Å²) in [6.45, 7) is 2.67. The van der Waals surface area contributed by atoms with Crippen molar-refractivity contribution in [3.05, 3.63) is 29.3 Å². The molecule has 110 valence electrons. The van der Waals surface area contributed by atoms with Gasteiger partial charge in [0, 0.05) is 25.0 Å². The number of hydrogen-bond donors (Lipinski definition) is 2. The predicted octanol–water partition coefficient (Wildman–Crippen LogP) is 2.33. The molecule has 5 nitrogen and oxygen atoms in total. The summed E-state index contributed by atoms with van der Waals surface area (Å²) in [4.78, 5) is 24.8. The maximum atomic E-state index is 11.8. The second-order valence-electron chi connectivity index (χ2n) is 4.54. The number of nitrogens with one attached hydrogen (secondary N) is 1. The molecule has 0 saturated heterocycles. The fourth-order valence-electron chi connectivity index (χ4n) is 1.67. The van der Waals surface area contributed by atoms with Crippen molar-refractivity contribution in [2.75, 3.05) is 19.8 Å². The molecule has 1 aromatic rings. The van der Waals surface area contributed by atoms with Crippen LogP contribution in [0, 0.1) is 6.92 Å². The van der Waals surface area contributed by atoms with Crippen LogP contribution in [0.1, 0.15) is 17.5 Å². The fourth-order valence-corrected chi connectivity index (χ4v) is 2.37. The van der Waals surface area contributed by atoms with Crippen molar-refractivity contribution in [1.82, 2.24) is 10.2 Å². The first-order chi connectivity index (χ1) is 9.43. The summed E-state index contributed by atoms with van der Waals surface area (Å²) in [6.07, 6.45) is 1.95. The molecule has 0 spiro atoms. The molecular weight excluding hydrogens is 276 g/mol. The van der Waals surface area contributed by atoms with Gasteiger partial charge in [0.05, 0.1) is 6.42 Å². The van der Waals surface area contributed by atoms with Gasteiger partial charge in [-0.3, -0.25) is 4.79 Å². The van der Waals surface area contributed by atoms with E-state index in [0.717, 1.165) is 10.5 Å². The van der Waals surface area contributed by atoms with Crippen LogP contribution in [-0.4, -0.2) is 41.9 Å². The summed E-state index contributed by atoms with van der Waals surface area (Å²) in [5.74, 6) is -0.909. The number of thioether (sulfide) groups is 1. The third-order valence-electron chi connectivity index (χ3n) is 2.88. The predicted molar refractivity (Wildman–Crippen MR) is 80.1 cm³/mol. The second kappa shape index (κ2) is 7.79. The van der Waals surface area contributed by atoms with E-state index in [2.05, 4.69) is 11.4 Å². The lowest BCUT2D eigenvalue weighted by Gasteiger charge is -2.17. The first-order valence-corrected chi connectivity index (χ1v) is 7.50. The van der Waals surface area contributed by atoms with Crippen molar-refractivity contribution in [2.45, 2.75) is 24.8 Å². The monoisotopic (exact) mass is 296 g/mol. The van der Waals surface area contributed by atoms with E-state index >= 15 is 0 Å². The Hall–Kier alpha value is -1.69. The zero-order valence-corrected chi connectivity index (χ0v) is 12.8. The quantitative estimate of drug-likeness (QED) is 0.791. The van der Waals surface area contributed by atoms with Crippen molar-refractivity contribution in [1.29, 1.82) is 0 Å². The van der Waals surface area contributed by atoms with E-state index in [4.69, 9.17) is 5.11 Å². The Morgan fingerprint density at radius 1 is 1.40 bits per heavy atom. The first-order valence-electron chi connectivity index (χ1n) is 6.28. The van der Waals surface area contributed by atoms with Crippen molar-refractivity contribution in [3.63, 3.8) is 0 Å². The molecule has 1 aromatic carbocycles. The Kier molecular flexibility index (Phi) is 6.38. The molecule has 2 N–H and O–H groups in total. The van der Waals surface area contributed by atoms with Gasteiger partial charge in [0.25, 0.3) is 0 Å².